The number of hydrogen-bond acceptors (Lipinski definition) is 2. The lowest BCUT2D eigenvalue weighted by atomic mass is 9.84. The van der Waals surface area contributed by atoms with Gasteiger partial charge < -0.3 is 5.32 Å². The highest BCUT2D eigenvalue weighted by Gasteiger charge is 2.24. The first-order chi connectivity index (χ1) is 5.78. The first-order valence-corrected chi connectivity index (χ1v) is 4.99. The quantitative estimate of drug-likeness (QED) is 0.727. The number of nitrogens with one attached hydrogen (secondary N) is 1. The summed E-state index contributed by atoms with van der Waals surface area (Å²) in [5.74, 6) is 0.442. The van der Waals surface area contributed by atoms with Crippen LogP contribution < -0.4 is 5.32 Å². The third kappa shape index (κ3) is 5.04. The van der Waals surface area contributed by atoms with Crippen LogP contribution >= 0.6 is 0 Å². The summed E-state index contributed by atoms with van der Waals surface area (Å²) >= 11 is 0. The van der Waals surface area contributed by atoms with Crippen LogP contribution in [0.2, 0.25) is 0 Å². The molecule has 0 saturated carbocycles. The molecule has 1 atom stereocenters. The Balaban J connectivity index is 4.27. The van der Waals surface area contributed by atoms with Crippen LogP contribution in [0.3, 0.4) is 0 Å². The van der Waals surface area contributed by atoms with E-state index in [1.54, 1.807) is 0 Å². The molecule has 2 nitrogen and oxygen atoms in total. The number of likely N-dealkylation sites (N-methyl/N-ethyl adjacent to an activating group) is 1. The highest BCUT2D eigenvalue weighted by molar-refractivity contribution is 5.85. The molecular formula is C11H23NO. The molecule has 13 heavy (non-hydrogen) atoms. The lowest BCUT2D eigenvalue weighted by Crippen LogP contribution is -2.39. The van der Waals surface area contributed by atoms with Crippen LogP contribution in [-0.2, 0) is 4.79 Å². The van der Waals surface area contributed by atoms with Gasteiger partial charge in [-0.3, -0.25) is 4.79 Å². The van der Waals surface area contributed by atoms with Crippen LogP contribution in [0.4, 0.5) is 0 Å². The van der Waals surface area contributed by atoms with Gasteiger partial charge in [-0.25, -0.2) is 0 Å². The predicted octanol–water partition coefficient (Wildman–Crippen LogP) is 2.24. The Hall–Kier alpha value is -0.370. The number of carbonyl (C=O) groups is 1. The Bertz CT molecular complexity index is 167. The molecule has 1 N–H and O–H groups in total. The molecule has 0 bridgehead atoms. The van der Waals surface area contributed by atoms with Gasteiger partial charge in [-0.2, -0.15) is 0 Å². The topological polar surface area (TPSA) is 29.1 Å². The van der Waals surface area contributed by atoms with Crippen molar-refractivity contribution in [2.24, 2.45) is 11.3 Å². The summed E-state index contributed by atoms with van der Waals surface area (Å²) in [5, 5.41) is 3.09. The van der Waals surface area contributed by atoms with E-state index in [2.05, 4.69) is 26.1 Å². The summed E-state index contributed by atoms with van der Waals surface area (Å²) in [5.41, 5.74) is 0.207. The van der Waals surface area contributed by atoms with Gasteiger partial charge in [0.05, 0.1) is 6.04 Å². The van der Waals surface area contributed by atoms with Crippen LogP contribution in [0.15, 0.2) is 0 Å². The summed E-state index contributed by atoms with van der Waals surface area (Å²) in [6, 6.07) is 0.0139. The second kappa shape index (κ2) is 4.75. The number of ketones is 1. The third-order valence-electron chi connectivity index (χ3n) is 2.08. The number of carbonyl (C=O) groups excluding carboxylic acids is 1. The lowest BCUT2D eigenvalue weighted by molar-refractivity contribution is -0.124. The molecule has 0 saturated heterocycles. The summed E-state index contributed by atoms with van der Waals surface area (Å²) in [7, 11) is 1.86. The van der Waals surface area contributed by atoms with Gasteiger partial charge in [0.25, 0.3) is 0 Å². The maximum atomic E-state index is 11.7. The maximum absolute atomic E-state index is 11.7. The van der Waals surface area contributed by atoms with Gasteiger partial charge in [-0.05, 0) is 18.9 Å². The van der Waals surface area contributed by atoms with E-state index in [1.807, 2.05) is 20.9 Å². The van der Waals surface area contributed by atoms with Crippen LogP contribution in [0.1, 0.15) is 41.0 Å². The van der Waals surface area contributed by atoms with E-state index in [0.717, 1.165) is 6.42 Å². The predicted molar refractivity (Wildman–Crippen MR) is 56.8 cm³/mol. The van der Waals surface area contributed by atoms with Gasteiger partial charge in [-0.15, -0.1) is 0 Å². The minimum atomic E-state index is 0.0139. The standard InChI is InChI=1S/C11H23NO/c1-8(2)10(13)9(12-6)7-11(3,4)5/h8-9,12H,7H2,1-6H3/t9-/m0/s1. The van der Waals surface area contributed by atoms with E-state index in [4.69, 9.17) is 0 Å². The average molecular weight is 185 g/mol. The van der Waals surface area contributed by atoms with Crippen molar-refractivity contribution >= 4 is 5.78 Å². The minimum absolute atomic E-state index is 0.0139. The first kappa shape index (κ1) is 12.6. The molecule has 0 heterocycles. The molecule has 0 amide bonds. The zero-order chi connectivity index (χ0) is 10.6. The van der Waals surface area contributed by atoms with E-state index in [-0.39, 0.29) is 17.4 Å². The molecule has 78 valence electrons. The largest absolute Gasteiger partial charge is 0.311 e. The van der Waals surface area contributed by atoms with Crippen molar-refractivity contribution in [3.8, 4) is 0 Å². The molecule has 0 aromatic heterocycles. The molecule has 0 fully saturated rings. The second-order valence-corrected chi connectivity index (χ2v) is 5.16. The molecular weight excluding hydrogens is 162 g/mol. The molecule has 0 aromatic carbocycles. The molecule has 0 spiro atoms. The molecule has 0 radical (unpaired) electrons. The number of rotatable bonds is 4. The van der Waals surface area contributed by atoms with E-state index in [0.29, 0.717) is 5.78 Å². The van der Waals surface area contributed by atoms with Crippen molar-refractivity contribution in [2.45, 2.75) is 47.1 Å². The van der Waals surface area contributed by atoms with E-state index >= 15 is 0 Å². The van der Waals surface area contributed by atoms with Crippen molar-refractivity contribution in [3.05, 3.63) is 0 Å². The van der Waals surface area contributed by atoms with Crippen molar-refractivity contribution in [2.75, 3.05) is 7.05 Å². The van der Waals surface area contributed by atoms with Gasteiger partial charge in [0.1, 0.15) is 0 Å². The maximum Gasteiger partial charge on any atom is 0.152 e. The summed E-state index contributed by atoms with van der Waals surface area (Å²) < 4.78 is 0. The van der Waals surface area contributed by atoms with E-state index in [1.165, 1.54) is 0 Å². The van der Waals surface area contributed by atoms with Gasteiger partial charge in [0, 0.05) is 5.92 Å². The normalized spacial score (nSPS) is 14.7. The fourth-order valence-corrected chi connectivity index (χ4v) is 1.36. The van der Waals surface area contributed by atoms with Crippen molar-refractivity contribution < 1.29 is 4.79 Å². The molecule has 2 heteroatoms. The van der Waals surface area contributed by atoms with Gasteiger partial charge in [0.2, 0.25) is 0 Å². The Morgan fingerprint density at radius 2 is 1.77 bits per heavy atom. The fourth-order valence-electron chi connectivity index (χ4n) is 1.36. The van der Waals surface area contributed by atoms with Crippen LogP contribution in [0.5, 0.6) is 0 Å². The van der Waals surface area contributed by atoms with Crippen LogP contribution in [0.25, 0.3) is 0 Å². The molecule has 0 aliphatic rings. The molecule has 0 aliphatic heterocycles. The van der Waals surface area contributed by atoms with Crippen molar-refractivity contribution in [1.82, 2.24) is 5.32 Å². The first-order valence-electron chi connectivity index (χ1n) is 4.99. The van der Waals surface area contributed by atoms with Crippen molar-refractivity contribution in [1.29, 1.82) is 0 Å². The van der Waals surface area contributed by atoms with E-state index < -0.39 is 0 Å². The third-order valence-corrected chi connectivity index (χ3v) is 2.08. The Labute approximate surface area is 82.1 Å². The smallest absolute Gasteiger partial charge is 0.152 e. The summed E-state index contributed by atoms with van der Waals surface area (Å²) in [6.07, 6.45) is 0.903. The summed E-state index contributed by atoms with van der Waals surface area (Å²) in [6.45, 7) is 10.4. The summed E-state index contributed by atoms with van der Waals surface area (Å²) in [4.78, 5) is 11.7. The zero-order valence-electron chi connectivity index (χ0n) is 9.77. The van der Waals surface area contributed by atoms with Gasteiger partial charge in [-0.1, -0.05) is 34.6 Å². The lowest BCUT2D eigenvalue weighted by Gasteiger charge is -2.25. The Kier molecular flexibility index (Phi) is 4.62. The average Bonchev–Trinajstić information content (AvgIpc) is 1.97. The highest BCUT2D eigenvalue weighted by Crippen LogP contribution is 2.22. The number of hydrogen-bond donors (Lipinski definition) is 1. The SMILES string of the molecule is CN[C@@H](CC(C)(C)C)C(=O)C(C)C. The van der Waals surface area contributed by atoms with Crippen LogP contribution in [-0.4, -0.2) is 18.9 Å². The Morgan fingerprint density at radius 1 is 1.31 bits per heavy atom. The van der Waals surface area contributed by atoms with Gasteiger partial charge in [0.15, 0.2) is 5.78 Å². The molecule has 0 aromatic rings. The highest BCUT2D eigenvalue weighted by atomic mass is 16.1. The van der Waals surface area contributed by atoms with Gasteiger partial charge >= 0.3 is 0 Å². The number of Topliss-reactive ketones (excluding diaryl/α,β-unsaturated/α-hetero) is 1. The van der Waals surface area contributed by atoms with E-state index in [9.17, 15) is 4.79 Å². The molecule has 0 unspecified atom stereocenters. The molecule has 0 aliphatic carbocycles. The second-order valence-electron chi connectivity index (χ2n) is 5.16. The molecule has 0 rings (SSSR count). The minimum Gasteiger partial charge on any atom is -0.311 e. The van der Waals surface area contributed by atoms with Crippen LogP contribution in [0, 0.1) is 11.3 Å². The fraction of sp³-hybridized carbons (Fsp3) is 0.909. The zero-order valence-corrected chi connectivity index (χ0v) is 9.77. The Morgan fingerprint density at radius 3 is 2.00 bits per heavy atom. The monoisotopic (exact) mass is 185 g/mol. The van der Waals surface area contributed by atoms with Crippen molar-refractivity contribution in [3.63, 3.8) is 0 Å².